The topological polar surface area (TPSA) is 55.3 Å². The van der Waals surface area contributed by atoms with Gasteiger partial charge in [0.15, 0.2) is 5.82 Å². The Bertz CT molecular complexity index is 1290. The van der Waals surface area contributed by atoms with Crippen molar-refractivity contribution in [2.75, 3.05) is 13.7 Å². The van der Waals surface area contributed by atoms with E-state index < -0.39 is 0 Å². The third kappa shape index (κ3) is 4.20. The summed E-state index contributed by atoms with van der Waals surface area (Å²) in [6.45, 7) is 0.940. The maximum Gasteiger partial charge on any atom is 0.254 e. The molecular formula is C27H22FN3O2. The van der Waals surface area contributed by atoms with Crippen molar-refractivity contribution in [3.8, 4) is 28.4 Å². The Morgan fingerprint density at radius 2 is 1.64 bits per heavy atom. The first-order chi connectivity index (χ1) is 16.1. The van der Waals surface area contributed by atoms with Crippen LogP contribution in [-0.2, 0) is 13.0 Å². The van der Waals surface area contributed by atoms with Gasteiger partial charge >= 0.3 is 0 Å². The number of fused-ring (bicyclic) bond motifs is 1. The average molecular weight is 439 g/mol. The molecule has 33 heavy (non-hydrogen) atoms. The van der Waals surface area contributed by atoms with Crippen molar-refractivity contribution in [2.45, 2.75) is 13.0 Å². The number of carbonyl (C=O) groups is 1. The van der Waals surface area contributed by atoms with Gasteiger partial charge in [-0.15, -0.1) is 0 Å². The van der Waals surface area contributed by atoms with Crippen LogP contribution in [0, 0.1) is 5.82 Å². The quantitative estimate of drug-likeness (QED) is 0.441. The smallest absolute Gasteiger partial charge is 0.254 e. The fourth-order valence-corrected chi connectivity index (χ4v) is 4.07. The molecule has 164 valence electrons. The van der Waals surface area contributed by atoms with E-state index in [-0.39, 0.29) is 11.7 Å². The highest BCUT2D eigenvalue weighted by Gasteiger charge is 2.27. The lowest BCUT2D eigenvalue weighted by atomic mass is 9.98. The summed E-state index contributed by atoms with van der Waals surface area (Å²) in [7, 11) is 1.64. The molecule has 5 rings (SSSR count). The van der Waals surface area contributed by atoms with Crippen LogP contribution in [0.3, 0.4) is 0 Å². The number of rotatable bonds is 4. The lowest BCUT2D eigenvalue weighted by molar-refractivity contribution is 0.0733. The summed E-state index contributed by atoms with van der Waals surface area (Å²) >= 11 is 0. The number of hydrogen-bond acceptors (Lipinski definition) is 4. The van der Waals surface area contributed by atoms with Crippen LogP contribution in [0.15, 0.2) is 78.9 Å². The zero-order valence-corrected chi connectivity index (χ0v) is 18.2. The van der Waals surface area contributed by atoms with E-state index in [1.165, 1.54) is 24.3 Å². The van der Waals surface area contributed by atoms with Gasteiger partial charge in [-0.2, -0.15) is 0 Å². The van der Waals surface area contributed by atoms with Crippen LogP contribution in [0.25, 0.3) is 22.6 Å². The minimum Gasteiger partial charge on any atom is -0.497 e. The van der Waals surface area contributed by atoms with Crippen molar-refractivity contribution in [3.05, 3.63) is 102 Å². The number of amides is 1. The second-order valence-corrected chi connectivity index (χ2v) is 7.90. The first kappa shape index (κ1) is 20.8. The monoisotopic (exact) mass is 439 g/mol. The third-order valence-corrected chi connectivity index (χ3v) is 5.83. The van der Waals surface area contributed by atoms with Gasteiger partial charge < -0.3 is 9.64 Å². The summed E-state index contributed by atoms with van der Waals surface area (Å²) in [4.78, 5) is 24.6. The Labute approximate surface area is 191 Å². The van der Waals surface area contributed by atoms with Gasteiger partial charge in [0, 0.05) is 41.8 Å². The van der Waals surface area contributed by atoms with Crippen LogP contribution >= 0.6 is 0 Å². The number of aromatic nitrogens is 2. The molecule has 0 aliphatic carbocycles. The molecule has 0 saturated carbocycles. The van der Waals surface area contributed by atoms with Crippen LogP contribution in [0.4, 0.5) is 4.39 Å². The van der Waals surface area contributed by atoms with E-state index in [9.17, 15) is 9.18 Å². The fourth-order valence-electron chi connectivity index (χ4n) is 4.07. The molecular weight excluding hydrogens is 417 g/mol. The standard InChI is InChI=1S/C27H22FN3O2/c1-33-22-13-9-19(10-14-22)26-29-24-15-16-31(27(32)20-7-11-21(28)12-8-20)17-23(24)25(30-26)18-5-3-2-4-6-18/h2-14H,15-17H2,1H3. The first-order valence-electron chi connectivity index (χ1n) is 10.8. The van der Waals surface area contributed by atoms with Crippen molar-refractivity contribution in [1.82, 2.24) is 14.9 Å². The van der Waals surface area contributed by atoms with Crippen LogP contribution in [-0.4, -0.2) is 34.4 Å². The summed E-state index contributed by atoms with van der Waals surface area (Å²) in [6.07, 6.45) is 0.619. The number of benzene rings is 3. The Morgan fingerprint density at radius 1 is 0.909 bits per heavy atom. The number of methoxy groups -OCH3 is 1. The van der Waals surface area contributed by atoms with Gasteiger partial charge in [-0.1, -0.05) is 30.3 Å². The number of hydrogen-bond donors (Lipinski definition) is 0. The van der Waals surface area contributed by atoms with E-state index in [1.807, 2.05) is 54.6 Å². The molecule has 0 N–H and O–H groups in total. The molecule has 0 radical (unpaired) electrons. The minimum absolute atomic E-state index is 0.126. The zero-order chi connectivity index (χ0) is 22.8. The van der Waals surface area contributed by atoms with Crippen molar-refractivity contribution in [3.63, 3.8) is 0 Å². The van der Waals surface area contributed by atoms with Crippen molar-refractivity contribution >= 4 is 5.91 Å². The Hall–Kier alpha value is -4.06. The maximum absolute atomic E-state index is 13.3. The van der Waals surface area contributed by atoms with Gasteiger partial charge in [0.1, 0.15) is 11.6 Å². The summed E-state index contributed by atoms with van der Waals surface area (Å²) in [5.41, 5.74) is 5.06. The Morgan fingerprint density at radius 3 is 2.33 bits per heavy atom. The summed E-state index contributed by atoms with van der Waals surface area (Å²) in [5.74, 6) is 0.934. The highest BCUT2D eigenvalue weighted by atomic mass is 19.1. The Kier molecular flexibility index (Phi) is 5.57. The van der Waals surface area contributed by atoms with Gasteiger partial charge in [0.2, 0.25) is 0 Å². The average Bonchev–Trinajstić information content (AvgIpc) is 2.88. The molecule has 0 saturated heterocycles. The molecule has 1 amide bonds. The molecule has 5 nitrogen and oxygen atoms in total. The highest BCUT2D eigenvalue weighted by Crippen LogP contribution is 2.31. The normalized spacial score (nSPS) is 12.8. The lowest BCUT2D eigenvalue weighted by Gasteiger charge is -2.30. The molecule has 0 spiro atoms. The molecule has 1 aliphatic rings. The molecule has 6 heteroatoms. The first-order valence-corrected chi connectivity index (χ1v) is 10.8. The largest absolute Gasteiger partial charge is 0.497 e. The van der Waals surface area contributed by atoms with E-state index in [4.69, 9.17) is 14.7 Å². The lowest BCUT2D eigenvalue weighted by Crippen LogP contribution is -2.37. The molecule has 0 fully saturated rings. The molecule has 0 bridgehead atoms. The highest BCUT2D eigenvalue weighted by molar-refractivity contribution is 5.94. The molecule has 0 unspecified atom stereocenters. The second-order valence-electron chi connectivity index (χ2n) is 7.90. The third-order valence-electron chi connectivity index (χ3n) is 5.83. The fraction of sp³-hybridized carbons (Fsp3) is 0.148. The van der Waals surface area contributed by atoms with Crippen LogP contribution in [0.2, 0.25) is 0 Å². The second kappa shape index (κ2) is 8.82. The van der Waals surface area contributed by atoms with E-state index in [0.29, 0.717) is 30.9 Å². The van der Waals surface area contributed by atoms with Crippen LogP contribution in [0.1, 0.15) is 21.6 Å². The number of halogens is 1. The Balaban J connectivity index is 1.55. The summed E-state index contributed by atoms with van der Waals surface area (Å²) < 4.78 is 18.6. The maximum atomic E-state index is 13.3. The predicted octanol–water partition coefficient (Wildman–Crippen LogP) is 5.16. The molecule has 4 aromatic rings. The van der Waals surface area contributed by atoms with E-state index in [2.05, 4.69) is 0 Å². The molecule has 0 atom stereocenters. The SMILES string of the molecule is COc1ccc(-c2nc3c(c(-c4ccccc4)n2)CN(C(=O)c2ccc(F)cc2)CC3)cc1. The number of ether oxygens (including phenoxy) is 1. The van der Waals surface area contributed by atoms with Gasteiger partial charge in [-0.05, 0) is 48.5 Å². The van der Waals surface area contributed by atoms with Gasteiger partial charge in [-0.3, -0.25) is 4.79 Å². The van der Waals surface area contributed by atoms with Gasteiger partial charge in [-0.25, -0.2) is 14.4 Å². The van der Waals surface area contributed by atoms with Gasteiger partial charge in [0.05, 0.1) is 18.5 Å². The van der Waals surface area contributed by atoms with E-state index >= 15 is 0 Å². The molecule has 3 aromatic carbocycles. The van der Waals surface area contributed by atoms with Crippen LogP contribution < -0.4 is 4.74 Å². The molecule has 1 aromatic heterocycles. The van der Waals surface area contributed by atoms with Crippen LogP contribution in [0.5, 0.6) is 5.75 Å². The van der Waals surface area contributed by atoms with Crippen molar-refractivity contribution in [1.29, 1.82) is 0 Å². The van der Waals surface area contributed by atoms with Crippen molar-refractivity contribution < 1.29 is 13.9 Å². The molecule has 2 heterocycles. The number of nitrogens with zero attached hydrogens (tertiary/aromatic N) is 3. The summed E-state index contributed by atoms with van der Waals surface area (Å²) in [6, 6.07) is 23.3. The van der Waals surface area contributed by atoms with Gasteiger partial charge in [0.25, 0.3) is 5.91 Å². The van der Waals surface area contributed by atoms with Crippen molar-refractivity contribution in [2.24, 2.45) is 0 Å². The van der Waals surface area contributed by atoms with E-state index in [0.717, 1.165) is 33.8 Å². The number of carbonyl (C=O) groups excluding carboxylic acids is 1. The molecule has 1 aliphatic heterocycles. The predicted molar refractivity (Wildman–Crippen MR) is 124 cm³/mol. The zero-order valence-electron chi connectivity index (χ0n) is 18.2. The van der Waals surface area contributed by atoms with E-state index in [1.54, 1.807) is 12.0 Å². The minimum atomic E-state index is -0.360. The summed E-state index contributed by atoms with van der Waals surface area (Å²) in [5, 5.41) is 0.